The van der Waals surface area contributed by atoms with E-state index in [1.165, 1.54) is 6.92 Å². The largest absolute Gasteiger partial charge is 0.294 e. The second-order valence-corrected chi connectivity index (χ2v) is 4.70. The minimum Gasteiger partial charge on any atom is -0.294 e. The van der Waals surface area contributed by atoms with Gasteiger partial charge in [0, 0.05) is 11.7 Å². The summed E-state index contributed by atoms with van der Waals surface area (Å²) in [5.74, 6) is -0.0943. The third-order valence-electron chi connectivity index (χ3n) is 1.83. The van der Waals surface area contributed by atoms with Gasteiger partial charge in [-0.15, -0.1) is 11.8 Å². The van der Waals surface area contributed by atoms with Crippen LogP contribution in [0.4, 0.5) is 0 Å². The zero-order chi connectivity index (χ0) is 9.30. The molecule has 12 heavy (non-hydrogen) atoms. The van der Waals surface area contributed by atoms with E-state index in [1.54, 1.807) is 11.8 Å². The Kier molecular flexibility index (Phi) is 2.73. The number of carbonyl (C=O) groups is 2. The first kappa shape index (κ1) is 9.52. The van der Waals surface area contributed by atoms with Gasteiger partial charge in [0.2, 0.25) is 0 Å². The number of hydrogen-bond acceptors (Lipinski definition) is 3. The molecule has 0 unspecified atom stereocenters. The lowest BCUT2D eigenvalue weighted by molar-refractivity contribution is -0.120. The van der Waals surface area contributed by atoms with Crippen LogP contribution in [0.2, 0.25) is 0 Å². The zero-order valence-electron chi connectivity index (χ0n) is 7.51. The summed E-state index contributed by atoms with van der Waals surface area (Å²) in [6.45, 7) is 5.30. The summed E-state index contributed by atoms with van der Waals surface area (Å²) in [4.78, 5) is 23.3. The van der Waals surface area contributed by atoms with E-state index in [-0.39, 0.29) is 11.6 Å². The van der Waals surface area contributed by atoms with Gasteiger partial charge in [0.15, 0.2) is 11.6 Å². The number of allylic oxidation sites excluding steroid dienone is 2. The first-order valence-electron chi connectivity index (χ1n) is 3.94. The third-order valence-corrected chi connectivity index (χ3v) is 2.96. The minimum atomic E-state index is -0.100. The first-order chi connectivity index (χ1) is 5.52. The van der Waals surface area contributed by atoms with Crippen LogP contribution in [-0.4, -0.2) is 16.8 Å². The average Bonchev–Trinajstić information content (AvgIpc) is 1.82. The fraction of sp³-hybridized carbons (Fsp3) is 0.556. The molecule has 0 amide bonds. The van der Waals surface area contributed by atoms with E-state index < -0.39 is 0 Å². The Morgan fingerprint density at radius 3 is 2.58 bits per heavy atom. The van der Waals surface area contributed by atoms with E-state index >= 15 is 0 Å². The van der Waals surface area contributed by atoms with Crippen LogP contribution in [0.25, 0.3) is 0 Å². The van der Waals surface area contributed by atoms with Crippen LogP contribution in [0.15, 0.2) is 10.5 Å². The molecular weight excluding hydrogens is 172 g/mol. The van der Waals surface area contributed by atoms with E-state index in [2.05, 4.69) is 0 Å². The van der Waals surface area contributed by atoms with Gasteiger partial charge in [-0.05, 0) is 18.8 Å². The zero-order valence-corrected chi connectivity index (χ0v) is 8.33. The number of carbonyl (C=O) groups excluding carboxylic acids is 2. The van der Waals surface area contributed by atoms with Crippen molar-refractivity contribution in [1.82, 2.24) is 0 Å². The van der Waals surface area contributed by atoms with Gasteiger partial charge in [0.05, 0.1) is 5.57 Å². The molecule has 0 spiro atoms. The Labute approximate surface area is 76.4 Å². The van der Waals surface area contributed by atoms with Gasteiger partial charge >= 0.3 is 0 Å². The Morgan fingerprint density at radius 1 is 1.58 bits per heavy atom. The standard InChI is InChI=1S/C9H12O2S/c1-5-4-8(11)9(6(2)10)7(3)12-5/h5H,4H2,1-3H3/t5-/m0/s1. The maximum Gasteiger partial charge on any atom is 0.168 e. The molecule has 1 heterocycles. The average molecular weight is 184 g/mol. The number of hydrogen-bond donors (Lipinski definition) is 0. The van der Waals surface area contributed by atoms with Crippen molar-refractivity contribution in [2.24, 2.45) is 0 Å². The molecule has 66 valence electrons. The minimum absolute atomic E-state index is 0.00579. The molecule has 2 nitrogen and oxygen atoms in total. The van der Waals surface area contributed by atoms with E-state index in [0.29, 0.717) is 17.2 Å². The number of rotatable bonds is 1. The summed E-state index contributed by atoms with van der Waals surface area (Å²) >= 11 is 1.62. The summed E-state index contributed by atoms with van der Waals surface area (Å²) in [6.07, 6.45) is 0.497. The molecule has 0 bridgehead atoms. The molecule has 0 N–H and O–H groups in total. The predicted molar refractivity (Wildman–Crippen MR) is 50.1 cm³/mol. The maximum absolute atomic E-state index is 11.4. The maximum atomic E-state index is 11.4. The number of thioether (sulfide) groups is 1. The Balaban J connectivity index is 3.01. The van der Waals surface area contributed by atoms with Gasteiger partial charge in [-0.2, -0.15) is 0 Å². The molecule has 0 saturated carbocycles. The Hall–Kier alpha value is -0.570. The van der Waals surface area contributed by atoms with Crippen LogP contribution < -0.4 is 0 Å². The van der Waals surface area contributed by atoms with Crippen molar-refractivity contribution in [3.8, 4) is 0 Å². The summed E-state index contributed by atoms with van der Waals surface area (Å²) in [6, 6.07) is 0. The first-order valence-corrected chi connectivity index (χ1v) is 4.82. The van der Waals surface area contributed by atoms with Crippen molar-refractivity contribution < 1.29 is 9.59 Å². The molecule has 1 atom stereocenters. The summed E-state index contributed by atoms with van der Waals surface area (Å²) in [5.41, 5.74) is 0.415. The molecule has 1 aliphatic heterocycles. The SMILES string of the molecule is CC(=O)C1=C(C)S[C@@H](C)CC1=O. The van der Waals surface area contributed by atoms with Gasteiger partial charge in [-0.25, -0.2) is 0 Å². The second kappa shape index (κ2) is 3.44. The Bertz CT molecular complexity index is 266. The van der Waals surface area contributed by atoms with Crippen LogP contribution in [0, 0.1) is 0 Å². The van der Waals surface area contributed by atoms with Crippen molar-refractivity contribution in [2.75, 3.05) is 0 Å². The van der Waals surface area contributed by atoms with Gasteiger partial charge in [-0.3, -0.25) is 9.59 Å². The Morgan fingerprint density at radius 2 is 2.17 bits per heavy atom. The molecule has 0 aromatic carbocycles. The van der Waals surface area contributed by atoms with Crippen LogP contribution in [0.5, 0.6) is 0 Å². The molecule has 3 heteroatoms. The molecule has 0 saturated heterocycles. The van der Waals surface area contributed by atoms with Crippen LogP contribution in [-0.2, 0) is 9.59 Å². The predicted octanol–water partition coefficient (Wildman–Crippen LogP) is 1.94. The molecule has 0 aliphatic carbocycles. The van der Waals surface area contributed by atoms with Gasteiger partial charge < -0.3 is 0 Å². The van der Waals surface area contributed by atoms with Crippen LogP contribution in [0.3, 0.4) is 0 Å². The normalized spacial score (nSPS) is 24.6. The van der Waals surface area contributed by atoms with Gasteiger partial charge in [0.25, 0.3) is 0 Å². The molecule has 0 fully saturated rings. The lowest BCUT2D eigenvalue weighted by atomic mass is 10.0. The summed E-state index contributed by atoms with van der Waals surface area (Å²) in [5, 5.41) is 0.320. The van der Waals surface area contributed by atoms with E-state index in [9.17, 15) is 9.59 Å². The molecule has 0 aromatic rings. The highest BCUT2D eigenvalue weighted by atomic mass is 32.2. The molecule has 0 aromatic heterocycles. The molecular formula is C9H12O2S. The fourth-order valence-corrected chi connectivity index (χ4v) is 2.62. The van der Waals surface area contributed by atoms with Gasteiger partial charge in [0.1, 0.15) is 0 Å². The highest BCUT2D eigenvalue weighted by Crippen LogP contribution is 2.32. The van der Waals surface area contributed by atoms with Crippen molar-refractivity contribution in [1.29, 1.82) is 0 Å². The second-order valence-electron chi connectivity index (χ2n) is 3.04. The van der Waals surface area contributed by atoms with E-state index in [0.717, 1.165) is 4.91 Å². The summed E-state index contributed by atoms with van der Waals surface area (Å²) in [7, 11) is 0. The molecule has 0 radical (unpaired) electrons. The van der Waals surface area contributed by atoms with E-state index in [4.69, 9.17) is 0 Å². The third kappa shape index (κ3) is 1.78. The lowest BCUT2D eigenvalue weighted by Gasteiger charge is -2.19. The summed E-state index contributed by atoms with van der Waals surface area (Å²) < 4.78 is 0. The fourth-order valence-electron chi connectivity index (χ4n) is 1.41. The van der Waals surface area contributed by atoms with Crippen LogP contribution >= 0.6 is 11.8 Å². The lowest BCUT2D eigenvalue weighted by Crippen LogP contribution is -2.20. The van der Waals surface area contributed by atoms with Crippen molar-refractivity contribution in [3.05, 3.63) is 10.5 Å². The number of ketones is 2. The molecule has 1 aliphatic rings. The van der Waals surface area contributed by atoms with Crippen LogP contribution in [0.1, 0.15) is 27.2 Å². The smallest absolute Gasteiger partial charge is 0.168 e. The number of Topliss-reactive ketones (excluding diaryl/α,β-unsaturated/α-hetero) is 2. The monoisotopic (exact) mass is 184 g/mol. The highest BCUT2D eigenvalue weighted by Gasteiger charge is 2.25. The van der Waals surface area contributed by atoms with E-state index in [1.807, 2.05) is 13.8 Å². The van der Waals surface area contributed by atoms with Gasteiger partial charge in [-0.1, -0.05) is 6.92 Å². The molecule has 1 rings (SSSR count). The van der Waals surface area contributed by atoms with Crippen molar-refractivity contribution in [2.45, 2.75) is 32.4 Å². The van der Waals surface area contributed by atoms with Crippen molar-refractivity contribution >= 4 is 23.3 Å². The van der Waals surface area contributed by atoms with Crippen molar-refractivity contribution in [3.63, 3.8) is 0 Å². The topological polar surface area (TPSA) is 34.1 Å². The highest BCUT2D eigenvalue weighted by molar-refractivity contribution is 8.03. The quantitative estimate of drug-likeness (QED) is 0.584.